The summed E-state index contributed by atoms with van der Waals surface area (Å²) in [5.41, 5.74) is 1.95. The highest BCUT2D eigenvalue weighted by molar-refractivity contribution is 5.69. The van der Waals surface area contributed by atoms with E-state index < -0.39 is 5.69 Å². The summed E-state index contributed by atoms with van der Waals surface area (Å²) in [7, 11) is 1.61. The highest BCUT2D eigenvalue weighted by Gasteiger charge is 2.19. The van der Waals surface area contributed by atoms with E-state index in [2.05, 4.69) is 15.3 Å². The lowest BCUT2D eigenvalue weighted by Gasteiger charge is -2.08. The van der Waals surface area contributed by atoms with Crippen molar-refractivity contribution < 1.29 is 9.15 Å². The highest BCUT2D eigenvalue weighted by Crippen LogP contribution is 2.31. The van der Waals surface area contributed by atoms with Crippen molar-refractivity contribution >= 4 is 11.5 Å². The molecule has 0 aliphatic rings. The first kappa shape index (κ1) is 20.3. The molecule has 0 fully saturated rings. The fraction of sp³-hybridized carbons (Fsp3) is 0.0385. The standard InChI is InChI=1S/C26H20N4O3/c1-32-21-14-12-20(13-15-21)27-22-16-17-30(26(31)28-22)24-23(18-8-4-2-5-9-18)33-25(29-24)19-10-6-3-7-11-19/h2-17H,1H3,(H,27,28,31). The van der Waals surface area contributed by atoms with E-state index in [4.69, 9.17) is 9.15 Å². The van der Waals surface area contributed by atoms with E-state index in [-0.39, 0.29) is 0 Å². The van der Waals surface area contributed by atoms with Gasteiger partial charge < -0.3 is 14.5 Å². The molecule has 7 nitrogen and oxygen atoms in total. The first-order valence-corrected chi connectivity index (χ1v) is 10.3. The molecule has 0 radical (unpaired) electrons. The molecular formula is C26H20N4O3. The summed E-state index contributed by atoms with van der Waals surface area (Å²) in [6.07, 6.45) is 1.64. The fourth-order valence-electron chi connectivity index (χ4n) is 3.41. The Morgan fingerprint density at radius 2 is 1.48 bits per heavy atom. The number of oxazole rings is 1. The Morgan fingerprint density at radius 3 is 2.12 bits per heavy atom. The maximum absolute atomic E-state index is 13.0. The molecule has 162 valence electrons. The van der Waals surface area contributed by atoms with Crippen LogP contribution in [0.15, 0.2) is 106 Å². The normalized spacial score (nSPS) is 10.7. The molecular weight excluding hydrogens is 416 g/mol. The predicted octanol–water partition coefficient (Wildman–Crippen LogP) is 5.31. The van der Waals surface area contributed by atoms with Gasteiger partial charge in [0.2, 0.25) is 5.89 Å². The van der Waals surface area contributed by atoms with E-state index in [0.29, 0.717) is 23.3 Å². The average molecular weight is 436 g/mol. The Bertz CT molecular complexity index is 1430. The fourth-order valence-corrected chi connectivity index (χ4v) is 3.41. The van der Waals surface area contributed by atoms with Gasteiger partial charge in [0, 0.05) is 23.0 Å². The van der Waals surface area contributed by atoms with Crippen molar-refractivity contribution in [2.45, 2.75) is 0 Å². The van der Waals surface area contributed by atoms with Gasteiger partial charge in [0.05, 0.1) is 7.11 Å². The summed E-state index contributed by atoms with van der Waals surface area (Å²) < 4.78 is 12.7. The largest absolute Gasteiger partial charge is 0.497 e. The third-order valence-electron chi connectivity index (χ3n) is 5.06. The van der Waals surface area contributed by atoms with Crippen LogP contribution < -0.4 is 15.7 Å². The Labute approximate surface area is 190 Å². The molecule has 0 atom stereocenters. The topological polar surface area (TPSA) is 82.2 Å². The molecule has 7 heteroatoms. The monoisotopic (exact) mass is 436 g/mol. The molecule has 2 heterocycles. The number of ether oxygens (including phenoxy) is 1. The van der Waals surface area contributed by atoms with Crippen LogP contribution in [0.5, 0.6) is 5.75 Å². The van der Waals surface area contributed by atoms with Gasteiger partial charge in [-0.2, -0.15) is 9.97 Å². The Hall–Kier alpha value is -4.65. The van der Waals surface area contributed by atoms with Gasteiger partial charge in [-0.05, 0) is 42.5 Å². The second kappa shape index (κ2) is 8.84. The molecule has 0 amide bonds. The zero-order valence-corrected chi connectivity index (χ0v) is 17.8. The third-order valence-corrected chi connectivity index (χ3v) is 5.06. The van der Waals surface area contributed by atoms with Crippen LogP contribution in [-0.2, 0) is 0 Å². The summed E-state index contributed by atoms with van der Waals surface area (Å²) in [5.74, 6) is 2.48. The zero-order valence-electron chi connectivity index (χ0n) is 17.8. The Morgan fingerprint density at radius 1 is 0.818 bits per heavy atom. The summed E-state index contributed by atoms with van der Waals surface area (Å²) in [6.45, 7) is 0. The van der Waals surface area contributed by atoms with Crippen LogP contribution in [0.4, 0.5) is 11.5 Å². The van der Waals surface area contributed by atoms with E-state index in [1.165, 1.54) is 4.57 Å². The van der Waals surface area contributed by atoms with Gasteiger partial charge in [0.15, 0.2) is 11.6 Å². The molecule has 2 aromatic heterocycles. The summed E-state index contributed by atoms with van der Waals surface area (Å²) in [4.78, 5) is 21.8. The quantitative estimate of drug-likeness (QED) is 0.389. The van der Waals surface area contributed by atoms with Crippen LogP contribution >= 0.6 is 0 Å². The van der Waals surface area contributed by atoms with Crippen LogP contribution in [0.3, 0.4) is 0 Å². The van der Waals surface area contributed by atoms with Crippen LogP contribution in [-0.4, -0.2) is 21.6 Å². The molecule has 0 spiro atoms. The van der Waals surface area contributed by atoms with Gasteiger partial charge in [-0.25, -0.2) is 9.36 Å². The van der Waals surface area contributed by atoms with Crippen molar-refractivity contribution in [2.24, 2.45) is 0 Å². The summed E-state index contributed by atoms with van der Waals surface area (Å²) in [5, 5.41) is 3.13. The lowest BCUT2D eigenvalue weighted by atomic mass is 10.2. The molecule has 33 heavy (non-hydrogen) atoms. The van der Waals surface area contributed by atoms with Crippen LogP contribution in [0.25, 0.3) is 28.6 Å². The molecule has 1 N–H and O–H groups in total. The number of anilines is 2. The van der Waals surface area contributed by atoms with Gasteiger partial charge >= 0.3 is 5.69 Å². The smallest absolute Gasteiger partial charge is 0.355 e. The number of aromatic nitrogens is 3. The van der Waals surface area contributed by atoms with Crippen molar-refractivity contribution in [3.05, 3.63) is 108 Å². The molecule has 3 aromatic carbocycles. The van der Waals surface area contributed by atoms with E-state index in [9.17, 15) is 4.79 Å². The SMILES string of the molecule is COc1ccc(Nc2ccn(-c3nc(-c4ccccc4)oc3-c3ccccc3)c(=O)n2)cc1. The summed E-state index contributed by atoms with van der Waals surface area (Å²) in [6, 6.07) is 28.2. The molecule has 0 bridgehead atoms. The van der Waals surface area contributed by atoms with Crippen molar-refractivity contribution in [2.75, 3.05) is 12.4 Å². The minimum Gasteiger partial charge on any atom is -0.497 e. The van der Waals surface area contributed by atoms with Gasteiger partial charge in [0.25, 0.3) is 0 Å². The highest BCUT2D eigenvalue weighted by atomic mass is 16.5. The van der Waals surface area contributed by atoms with Crippen molar-refractivity contribution in [1.29, 1.82) is 0 Å². The molecule has 5 aromatic rings. The maximum Gasteiger partial charge on any atom is 0.355 e. The van der Waals surface area contributed by atoms with Crippen molar-refractivity contribution in [3.63, 3.8) is 0 Å². The van der Waals surface area contributed by atoms with E-state index in [1.54, 1.807) is 19.4 Å². The number of rotatable bonds is 6. The molecule has 0 saturated heterocycles. The van der Waals surface area contributed by atoms with Gasteiger partial charge in [-0.1, -0.05) is 48.5 Å². The first-order valence-electron chi connectivity index (χ1n) is 10.3. The van der Waals surface area contributed by atoms with E-state index >= 15 is 0 Å². The second-order valence-electron chi connectivity index (χ2n) is 7.22. The number of nitrogens with one attached hydrogen (secondary N) is 1. The van der Waals surface area contributed by atoms with Crippen molar-refractivity contribution in [3.8, 4) is 34.3 Å². The van der Waals surface area contributed by atoms with Gasteiger partial charge in [0.1, 0.15) is 11.6 Å². The number of benzene rings is 3. The van der Waals surface area contributed by atoms with E-state index in [0.717, 1.165) is 22.6 Å². The van der Waals surface area contributed by atoms with Crippen molar-refractivity contribution in [1.82, 2.24) is 14.5 Å². The van der Waals surface area contributed by atoms with Crippen LogP contribution in [0, 0.1) is 0 Å². The maximum atomic E-state index is 13.0. The third kappa shape index (κ3) is 4.24. The van der Waals surface area contributed by atoms with Gasteiger partial charge in [-0.15, -0.1) is 0 Å². The lowest BCUT2D eigenvalue weighted by Crippen LogP contribution is -2.22. The minimum atomic E-state index is -0.474. The van der Waals surface area contributed by atoms with Crippen LogP contribution in [0.1, 0.15) is 0 Å². The Kier molecular flexibility index (Phi) is 5.43. The molecule has 0 saturated carbocycles. The lowest BCUT2D eigenvalue weighted by molar-refractivity contribution is 0.415. The zero-order chi connectivity index (χ0) is 22.6. The number of hydrogen-bond acceptors (Lipinski definition) is 6. The molecule has 0 aliphatic carbocycles. The van der Waals surface area contributed by atoms with Crippen LogP contribution in [0.2, 0.25) is 0 Å². The summed E-state index contributed by atoms with van der Waals surface area (Å²) >= 11 is 0. The first-order chi connectivity index (χ1) is 16.2. The van der Waals surface area contributed by atoms with E-state index in [1.807, 2.05) is 84.9 Å². The number of hydrogen-bond donors (Lipinski definition) is 1. The average Bonchev–Trinajstić information content (AvgIpc) is 3.31. The minimum absolute atomic E-state index is 0.383. The molecule has 5 rings (SSSR count). The molecule has 0 aliphatic heterocycles. The predicted molar refractivity (Wildman–Crippen MR) is 127 cm³/mol. The number of nitrogens with zero attached hydrogens (tertiary/aromatic N) is 3. The van der Waals surface area contributed by atoms with Gasteiger partial charge in [-0.3, -0.25) is 0 Å². The number of methoxy groups -OCH3 is 1. The second-order valence-corrected chi connectivity index (χ2v) is 7.22. The Balaban J connectivity index is 1.54. The molecule has 0 unspecified atom stereocenters.